The van der Waals surface area contributed by atoms with E-state index >= 15 is 0 Å². The molecule has 2 aromatic carbocycles. The summed E-state index contributed by atoms with van der Waals surface area (Å²) < 4.78 is 5.39. The summed E-state index contributed by atoms with van der Waals surface area (Å²) in [5.74, 6) is -0.449. The molecule has 5 nitrogen and oxygen atoms in total. The maximum Gasteiger partial charge on any atom is 0.258 e. The molecule has 0 atom stereocenters. The van der Waals surface area contributed by atoms with Crippen molar-refractivity contribution in [3.05, 3.63) is 57.0 Å². The first-order valence-electron chi connectivity index (χ1n) is 8.14. The summed E-state index contributed by atoms with van der Waals surface area (Å²) >= 11 is 23.7. The van der Waals surface area contributed by atoms with Crippen LogP contribution in [0.5, 0.6) is 0 Å². The number of thiocarbonyl (C=S) groups is 1. The molecule has 0 saturated carbocycles. The van der Waals surface area contributed by atoms with Gasteiger partial charge in [-0.25, -0.2) is 0 Å². The van der Waals surface area contributed by atoms with Crippen LogP contribution in [0.1, 0.15) is 10.4 Å². The van der Waals surface area contributed by atoms with Crippen molar-refractivity contribution in [1.29, 1.82) is 0 Å². The first-order chi connectivity index (χ1) is 13.0. The number of hydrogen-bond donors (Lipinski definition) is 2. The van der Waals surface area contributed by atoms with Gasteiger partial charge in [-0.3, -0.25) is 10.1 Å². The van der Waals surface area contributed by atoms with Gasteiger partial charge in [-0.1, -0.05) is 40.9 Å². The minimum absolute atomic E-state index is 0.132. The fourth-order valence-electron chi connectivity index (χ4n) is 2.72. The molecule has 0 unspecified atom stereocenters. The number of ether oxygens (including phenoxy) is 1. The average Bonchev–Trinajstić information content (AvgIpc) is 2.64. The summed E-state index contributed by atoms with van der Waals surface area (Å²) in [6, 6.07) is 10.1. The SMILES string of the molecule is O=C(NC(=S)Nc1cccc(Cl)c1N1CCOCC1)c1cc(Cl)ccc1Cl. The minimum atomic E-state index is -0.449. The Labute approximate surface area is 177 Å². The summed E-state index contributed by atoms with van der Waals surface area (Å²) in [6.07, 6.45) is 0. The third-order valence-corrected chi connectivity index (χ3v) is 5.04. The van der Waals surface area contributed by atoms with Gasteiger partial charge < -0.3 is 15.0 Å². The lowest BCUT2D eigenvalue weighted by atomic mass is 10.2. The summed E-state index contributed by atoms with van der Waals surface area (Å²) in [7, 11) is 0. The smallest absolute Gasteiger partial charge is 0.258 e. The number of halogens is 3. The lowest BCUT2D eigenvalue weighted by Gasteiger charge is -2.31. The quantitative estimate of drug-likeness (QED) is 0.677. The van der Waals surface area contributed by atoms with Gasteiger partial charge in [-0.15, -0.1) is 0 Å². The van der Waals surface area contributed by atoms with Crippen molar-refractivity contribution in [2.75, 3.05) is 36.5 Å². The molecule has 1 aliphatic rings. The normalized spacial score (nSPS) is 14.0. The van der Waals surface area contributed by atoms with Crippen molar-refractivity contribution in [2.24, 2.45) is 0 Å². The molecular formula is C18H16Cl3N3O2S. The molecule has 1 saturated heterocycles. The van der Waals surface area contributed by atoms with Crippen LogP contribution < -0.4 is 15.5 Å². The van der Waals surface area contributed by atoms with Crippen LogP contribution in [0.2, 0.25) is 15.1 Å². The van der Waals surface area contributed by atoms with Crippen molar-refractivity contribution >= 4 is 69.4 Å². The summed E-state index contributed by atoms with van der Waals surface area (Å²) in [4.78, 5) is 14.6. The maximum absolute atomic E-state index is 12.4. The van der Waals surface area contributed by atoms with Crippen molar-refractivity contribution in [1.82, 2.24) is 5.32 Å². The molecule has 1 amide bonds. The zero-order valence-electron chi connectivity index (χ0n) is 14.1. The van der Waals surface area contributed by atoms with Gasteiger partial charge in [0.05, 0.1) is 40.2 Å². The van der Waals surface area contributed by atoms with Crippen molar-refractivity contribution < 1.29 is 9.53 Å². The van der Waals surface area contributed by atoms with Crippen LogP contribution in [0.3, 0.4) is 0 Å². The largest absolute Gasteiger partial charge is 0.378 e. The van der Waals surface area contributed by atoms with Crippen LogP contribution in [0.25, 0.3) is 0 Å². The van der Waals surface area contributed by atoms with Gasteiger partial charge in [0.25, 0.3) is 5.91 Å². The van der Waals surface area contributed by atoms with Crippen LogP contribution in [0.4, 0.5) is 11.4 Å². The number of amides is 1. The number of rotatable bonds is 3. The first kappa shape index (κ1) is 20.2. The van der Waals surface area contributed by atoms with E-state index in [1.165, 1.54) is 6.07 Å². The molecule has 2 aromatic rings. The number of carbonyl (C=O) groups excluding carboxylic acids is 1. The number of hydrogen-bond acceptors (Lipinski definition) is 4. The third-order valence-electron chi connectivity index (χ3n) is 3.96. The third kappa shape index (κ3) is 5.03. The van der Waals surface area contributed by atoms with E-state index in [2.05, 4.69) is 15.5 Å². The summed E-state index contributed by atoms with van der Waals surface area (Å²) in [5.41, 5.74) is 1.76. The Balaban J connectivity index is 1.75. The monoisotopic (exact) mass is 443 g/mol. The minimum Gasteiger partial charge on any atom is -0.378 e. The van der Waals surface area contributed by atoms with Gasteiger partial charge in [0.15, 0.2) is 5.11 Å². The number of benzene rings is 2. The van der Waals surface area contributed by atoms with Crippen LogP contribution in [-0.2, 0) is 4.74 Å². The Bertz CT molecular complexity index is 873. The molecule has 27 heavy (non-hydrogen) atoms. The van der Waals surface area contributed by atoms with E-state index in [0.29, 0.717) is 28.9 Å². The van der Waals surface area contributed by atoms with E-state index < -0.39 is 5.91 Å². The van der Waals surface area contributed by atoms with E-state index in [1.807, 2.05) is 18.2 Å². The molecule has 0 aliphatic carbocycles. The highest BCUT2D eigenvalue weighted by Crippen LogP contribution is 2.34. The van der Waals surface area contributed by atoms with E-state index in [-0.39, 0.29) is 15.7 Å². The fourth-order valence-corrected chi connectivity index (χ4v) is 3.59. The van der Waals surface area contributed by atoms with Gasteiger partial charge in [0.1, 0.15) is 0 Å². The van der Waals surface area contributed by atoms with Crippen molar-refractivity contribution in [2.45, 2.75) is 0 Å². The predicted molar refractivity (Wildman–Crippen MR) is 115 cm³/mol. The van der Waals surface area contributed by atoms with E-state index in [4.69, 9.17) is 51.8 Å². The standard InChI is InChI=1S/C18H16Cl3N3O2S/c19-11-4-5-13(20)12(10-11)17(25)23-18(27)22-15-3-1-2-14(21)16(15)24-6-8-26-9-7-24/h1-5,10H,6-9H2,(H2,22,23,25,27). The average molecular weight is 445 g/mol. The van der Waals surface area contributed by atoms with Crippen molar-refractivity contribution in [3.63, 3.8) is 0 Å². The van der Waals surface area contributed by atoms with Gasteiger partial charge in [-0.2, -0.15) is 0 Å². The van der Waals surface area contributed by atoms with Gasteiger partial charge >= 0.3 is 0 Å². The number of morpholine rings is 1. The molecule has 9 heteroatoms. The Morgan fingerprint density at radius 2 is 1.81 bits per heavy atom. The molecule has 3 rings (SSSR count). The molecule has 1 heterocycles. The number of nitrogens with one attached hydrogen (secondary N) is 2. The predicted octanol–water partition coefficient (Wildman–Crippen LogP) is 4.61. The molecule has 2 N–H and O–H groups in total. The second-order valence-corrected chi connectivity index (χ2v) is 7.43. The molecular weight excluding hydrogens is 429 g/mol. The Hall–Kier alpha value is -1.57. The van der Waals surface area contributed by atoms with Crippen LogP contribution in [0.15, 0.2) is 36.4 Å². The molecule has 0 spiro atoms. The number of para-hydroxylation sites is 1. The first-order valence-corrected chi connectivity index (χ1v) is 9.68. The highest BCUT2D eigenvalue weighted by Gasteiger charge is 2.19. The van der Waals surface area contributed by atoms with Crippen LogP contribution in [0, 0.1) is 0 Å². The second-order valence-electron chi connectivity index (χ2n) is 5.77. The highest BCUT2D eigenvalue weighted by molar-refractivity contribution is 7.80. The Kier molecular flexibility index (Phi) is 6.78. The summed E-state index contributed by atoms with van der Waals surface area (Å²) in [5, 5.41) is 7.08. The summed E-state index contributed by atoms with van der Waals surface area (Å²) in [6.45, 7) is 2.68. The Morgan fingerprint density at radius 1 is 1.07 bits per heavy atom. The zero-order chi connectivity index (χ0) is 19.4. The molecule has 1 fully saturated rings. The fraction of sp³-hybridized carbons (Fsp3) is 0.222. The highest BCUT2D eigenvalue weighted by atomic mass is 35.5. The zero-order valence-corrected chi connectivity index (χ0v) is 17.2. The molecule has 0 radical (unpaired) electrons. The van der Waals surface area contributed by atoms with Crippen molar-refractivity contribution in [3.8, 4) is 0 Å². The van der Waals surface area contributed by atoms with Gasteiger partial charge in [0.2, 0.25) is 0 Å². The molecule has 0 bridgehead atoms. The van der Waals surface area contributed by atoms with E-state index in [9.17, 15) is 4.79 Å². The number of carbonyl (C=O) groups is 1. The van der Waals surface area contributed by atoms with Crippen LogP contribution >= 0.6 is 47.0 Å². The van der Waals surface area contributed by atoms with E-state index in [1.54, 1.807) is 12.1 Å². The van der Waals surface area contributed by atoms with Crippen LogP contribution in [-0.4, -0.2) is 37.3 Å². The second kappa shape index (κ2) is 9.08. The molecule has 1 aliphatic heterocycles. The maximum atomic E-state index is 12.4. The number of anilines is 2. The van der Waals surface area contributed by atoms with Gasteiger partial charge in [-0.05, 0) is 42.5 Å². The topological polar surface area (TPSA) is 53.6 Å². The van der Waals surface area contributed by atoms with E-state index in [0.717, 1.165) is 18.8 Å². The molecule has 142 valence electrons. The lowest BCUT2D eigenvalue weighted by Crippen LogP contribution is -2.38. The molecule has 0 aromatic heterocycles. The Morgan fingerprint density at radius 3 is 2.56 bits per heavy atom. The van der Waals surface area contributed by atoms with Gasteiger partial charge in [0, 0.05) is 18.1 Å². The number of nitrogens with zero attached hydrogens (tertiary/aromatic N) is 1. The lowest BCUT2D eigenvalue weighted by molar-refractivity contribution is 0.0978.